The van der Waals surface area contributed by atoms with Gasteiger partial charge in [-0.25, -0.2) is 0 Å². The van der Waals surface area contributed by atoms with E-state index in [1.54, 1.807) is 0 Å². The van der Waals surface area contributed by atoms with Crippen LogP contribution in [0.5, 0.6) is 0 Å². The Hall–Kier alpha value is -1.51. The first kappa shape index (κ1) is 18.8. The van der Waals surface area contributed by atoms with Crippen molar-refractivity contribution in [3.63, 3.8) is 0 Å². The molecule has 0 radical (unpaired) electrons. The molecule has 0 aromatic heterocycles. The molecule has 1 aromatic carbocycles. The summed E-state index contributed by atoms with van der Waals surface area (Å²) in [5.41, 5.74) is 2.66. The van der Waals surface area contributed by atoms with E-state index < -0.39 is 0 Å². The van der Waals surface area contributed by atoms with Crippen LogP contribution in [0.2, 0.25) is 0 Å². The van der Waals surface area contributed by atoms with Crippen molar-refractivity contribution >= 4 is 11.6 Å². The molecule has 4 rings (SSSR count). The Kier molecular flexibility index (Phi) is 4.98. The first-order chi connectivity index (χ1) is 12.9. The van der Waals surface area contributed by atoms with Gasteiger partial charge >= 0.3 is 0 Å². The Labute approximate surface area is 164 Å². The maximum Gasteiger partial charge on any atom is 0.239 e. The number of anilines is 1. The second-order valence-electron chi connectivity index (χ2n) is 9.95. The molecule has 3 aliphatic carbocycles. The zero-order valence-corrected chi connectivity index (χ0v) is 17.3. The number of amides is 1. The number of para-hydroxylation sites is 1. The van der Waals surface area contributed by atoms with E-state index in [1.165, 1.54) is 56.9 Å². The number of fused-ring (bicyclic) bond motifs is 2. The highest BCUT2D eigenvalue weighted by atomic mass is 16.2. The van der Waals surface area contributed by atoms with Gasteiger partial charge in [0.15, 0.2) is 0 Å². The van der Waals surface area contributed by atoms with Gasteiger partial charge < -0.3 is 10.6 Å². The topological polar surface area (TPSA) is 41.1 Å². The number of hydrogen-bond donors (Lipinski definition) is 2. The quantitative estimate of drug-likeness (QED) is 0.723. The highest BCUT2D eigenvalue weighted by Gasteiger charge is 2.60. The van der Waals surface area contributed by atoms with Crippen LogP contribution in [-0.2, 0) is 4.79 Å². The molecule has 3 unspecified atom stereocenters. The Balaban J connectivity index is 1.40. The number of nitrogens with one attached hydrogen (secondary N) is 2. The Morgan fingerprint density at radius 1 is 1.00 bits per heavy atom. The third-order valence-corrected chi connectivity index (χ3v) is 8.45. The maximum absolute atomic E-state index is 12.9. The summed E-state index contributed by atoms with van der Waals surface area (Å²) in [4.78, 5) is 12.9. The minimum Gasteiger partial charge on any atom is -0.376 e. The van der Waals surface area contributed by atoms with Gasteiger partial charge in [-0.1, -0.05) is 51.3 Å². The zero-order valence-electron chi connectivity index (χ0n) is 17.3. The Bertz CT molecular complexity index is 691. The summed E-state index contributed by atoms with van der Waals surface area (Å²) in [7, 11) is 0. The monoisotopic (exact) mass is 368 g/mol. The average Bonchev–Trinajstić information content (AvgIpc) is 3.23. The standard InChI is InChI=1S/C24H36N2O/c1-23(2)18-13-14-19(15-18)24(23,3)26-22(27)16-25-21-12-8-7-11-20(21)17-9-5-4-6-10-17/h7-8,11-12,17-19,25H,4-6,9-10,13-16H2,1-3H3,(H,26,27). The molecule has 0 heterocycles. The van der Waals surface area contributed by atoms with Gasteiger partial charge in [0.25, 0.3) is 0 Å². The molecule has 3 saturated carbocycles. The minimum absolute atomic E-state index is 0.0719. The van der Waals surface area contributed by atoms with Gasteiger partial charge in [0, 0.05) is 11.2 Å². The third kappa shape index (κ3) is 3.28. The van der Waals surface area contributed by atoms with Gasteiger partial charge in [-0.2, -0.15) is 0 Å². The van der Waals surface area contributed by atoms with Gasteiger partial charge in [0.05, 0.1) is 6.54 Å². The van der Waals surface area contributed by atoms with Gasteiger partial charge in [-0.05, 0) is 73.8 Å². The lowest BCUT2D eigenvalue weighted by Gasteiger charge is -2.48. The molecule has 27 heavy (non-hydrogen) atoms. The van der Waals surface area contributed by atoms with Crippen molar-refractivity contribution in [1.29, 1.82) is 0 Å². The van der Waals surface area contributed by atoms with Gasteiger partial charge in [-0.15, -0.1) is 0 Å². The average molecular weight is 369 g/mol. The Morgan fingerprint density at radius 3 is 2.41 bits per heavy atom. The predicted molar refractivity (Wildman–Crippen MR) is 112 cm³/mol. The molecule has 2 N–H and O–H groups in total. The summed E-state index contributed by atoms with van der Waals surface area (Å²) in [6.45, 7) is 7.35. The Morgan fingerprint density at radius 2 is 1.70 bits per heavy atom. The second-order valence-corrected chi connectivity index (χ2v) is 9.95. The van der Waals surface area contributed by atoms with Gasteiger partial charge in [0.2, 0.25) is 5.91 Å². The van der Waals surface area contributed by atoms with Crippen molar-refractivity contribution in [1.82, 2.24) is 5.32 Å². The van der Waals surface area contributed by atoms with Crippen LogP contribution in [0.4, 0.5) is 5.69 Å². The molecule has 0 aliphatic heterocycles. The highest BCUT2D eigenvalue weighted by molar-refractivity contribution is 5.82. The number of hydrogen-bond acceptors (Lipinski definition) is 2. The second kappa shape index (κ2) is 7.14. The first-order valence-corrected chi connectivity index (χ1v) is 11.1. The molecule has 2 bridgehead atoms. The number of rotatable bonds is 5. The molecule has 3 fully saturated rings. The third-order valence-electron chi connectivity index (χ3n) is 8.45. The molecule has 3 heteroatoms. The van der Waals surface area contributed by atoms with Crippen molar-refractivity contribution < 1.29 is 4.79 Å². The number of benzene rings is 1. The van der Waals surface area contributed by atoms with Crippen molar-refractivity contribution in [3.05, 3.63) is 29.8 Å². The number of carbonyl (C=O) groups excluding carboxylic acids is 1. The zero-order chi connectivity index (χ0) is 19.1. The maximum atomic E-state index is 12.9. The fraction of sp³-hybridized carbons (Fsp3) is 0.708. The van der Waals surface area contributed by atoms with E-state index in [-0.39, 0.29) is 16.9 Å². The fourth-order valence-electron chi connectivity index (χ4n) is 6.31. The van der Waals surface area contributed by atoms with E-state index in [1.807, 2.05) is 0 Å². The molecule has 1 amide bonds. The lowest BCUT2D eigenvalue weighted by atomic mass is 9.64. The van der Waals surface area contributed by atoms with Crippen molar-refractivity contribution in [2.75, 3.05) is 11.9 Å². The summed E-state index contributed by atoms with van der Waals surface area (Å²) in [5, 5.41) is 6.91. The van der Waals surface area contributed by atoms with Crippen LogP contribution in [0, 0.1) is 17.3 Å². The van der Waals surface area contributed by atoms with E-state index in [4.69, 9.17) is 0 Å². The molecule has 0 spiro atoms. The fourth-order valence-corrected chi connectivity index (χ4v) is 6.31. The summed E-state index contributed by atoms with van der Waals surface area (Å²) >= 11 is 0. The van der Waals surface area contributed by atoms with Crippen molar-refractivity contribution in [2.45, 2.75) is 83.6 Å². The first-order valence-electron chi connectivity index (χ1n) is 11.1. The summed E-state index contributed by atoms with van der Waals surface area (Å²) in [6, 6.07) is 8.60. The van der Waals surface area contributed by atoms with Crippen LogP contribution < -0.4 is 10.6 Å². The molecule has 3 aliphatic rings. The van der Waals surface area contributed by atoms with Crippen LogP contribution >= 0.6 is 0 Å². The number of carbonyl (C=O) groups is 1. The summed E-state index contributed by atoms with van der Waals surface area (Å²) in [5.74, 6) is 2.17. The lowest BCUT2D eigenvalue weighted by Crippen LogP contribution is -2.60. The molecular formula is C24H36N2O. The van der Waals surface area contributed by atoms with Crippen molar-refractivity contribution in [2.24, 2.45) is 17.3 Å². The van der Waals surface area contributed by atoms with E-state index in [0.717, 1.165) is 11.6 Å². The highest BCUT2D eigenvalue weighted by Crippen LogP contribution is 2.61. The van der Waals surface area contributed by atoms with Crippen molar-refractivity contribution in [3.8, 4) is 0 Å². The van der Waals surface area contributed by atoms with Gasteiger partial charge in [0.1, 0.15) is 0 Å². The van der Waals surface area contributed by atoms with Crippen LogP contribution in [0.3, 0.4) is 0 Å². The molecular weight excluding hydrogens is 332 g/mol. The minimum atomic E-state index is -0.0719. The van der Waals surface area contributed by atoms with Crippen LogP contribution in [0.1, 0.15) is 83.6 Å². The molecule has 0 saturated heterocycles. The van der Waals surface area contributed by atoms with E-state index in [0.29, 0.717) is 18.4 Å². The normalized spacial score (nSPS) is 32.4. The van der Waals surface area contributed by atoms with Crippen LogP contribution in [0.25, 0.3) is 0 Å². The SMILES string of the molecule is CC1(C)C2CCC(C2)C1(C)NC(=O)CNc1ccccc1C1CCCCC1. The smallest absolute Gasteiger partial charge is 0.239 e. The molecule has 3 atom stereocenters. The van der Waals surface area contributed by atoms with E-state index >= 15 is 0 Å². The van der Waals surface area contributed by atoms with Crippen LogP contribution in [0.15, 0.2) is 24.3 Å². The molecule has 3 nitrogen and oxygen atoms in total. The predicted octanol–water partition coefficient (Wildman–Crippen LogP) is 5.48. The van der Waals surface area contributed by atoms with E-state index in [2.05, 4.69) is 55.7 Å². The lowest BCUT2D eigenvalue weighted by molar-refractivity contribution is -0.123. The van der Waals surface area contributed by atoms with E-state index in [9.17, 15) is 4.79 Å². The summed E-state index contributed by atoms with van der Waals surface area (Å²) < 4.78 is 0. The molecule has 148 valence electrons. The largest absolute Gasteiger partial charge is 0.376 e. The molecule has 1 aromatic rings. The van der Waals surface area contributed by atoms with Gasteiger partial charge in [-0.3, -0.25) is 4.79 Å². The van der Waals surface area contributed by atoms with Crippen LogP contribution in [-0.4, -0.2) is 18.0 Å². The summed E-state index contributed by atoms with van der Waals surface area (Å²) in [6.07, 6.45) is 10.5.